The Morgan fingerprint density at radius 1 is 1.08 bits per heavy atom. The molecule has 128 valence electrons. The summed E-state index contributed by atoms with van der Waals surface area (Å²) in [6.07, 6.45) is 1.89. The van der Waals surface area contributed by atoms with E-state index in [0.717, 1.165) is 22.5 Å². The van der Waals surface area contributed by atoms with Gasteiger partial charge in [0.2, 0.25) is 0 Å². The summed E-state index contributed by atoms with van der Waals surface area (Å²) in [6, 6.07) is 14.1. The Balaban J connectivity index is 1.82. The molecule has 3 rings (SSSR count). The van der Waals surface area contributed by atoms with Crippen molar-refractivity contribution in [1.29, 1.82) is 0 Å². The van der Waals surface area contributed by atoms with Gasteiger partial charge in [-0.25, -0.2) is 4.99 Å². The van der Waals surface area contributed by atoms with Crippen LogP contribution in [0.5, 0.6) is 0 Å². The highest BCUT2D eigenvalue weighted by molar-refractivity contribution is 8.18. The lowest BCUT2D eigenvalue weighted by atomic mass is 10.1. The summed E-state index contributed by atoms with van der Waals surface area (Å²) >= 11 is 1.37. The molecule has 0 unspecified atom stereocenters. The van der Waals surface area contributed by atoms with Gasteiger partial charge >= 0.3 is 0 Å². The summed E-state index contributed by atoms with van der Waals surface area (Å²) in [7, 11) is 4.01. The van der Waals surface area contributed by atoms with Crippen LogP contribution >= 0.6 is 11.8 Å². The number of carbonyl (C=O) groups excluding carboxylic acids is 1. The molecule has 0 saturated carbocycles. The minimum Gasteiger partial charge on any atom is -0.378 e. The van der Waals surface area contributed by atoms with Gasteiger partial charge in [-0.2, -0.15) is 0 Å². The summed E-state index contributed by atoms with van der Waals surface area (Å²) in [5.74, 6) is -0.106. The number of rotatable bonds is 3. The highest BCUT2D eigenvalue weighted by Crippen LogP contribution is 2.30. The predicted molar refractivity (Wildman–Crippen MR) is 107 cm³/mol. The normalized spacial score (nSPS) is 17.2. The van der Waals surface area contributed by atoms with Crippen molar-refractivity contribution in [1.82, 2.24) is 5.32 Å². The van der Waals surface area contributed by atoms with Gasteiger partial charge in [-0.05, 0) is 66.6 Å². The lowest BCUT2D eigenvalue weighted by Gasteiger charge is -2.11. The molecule has 0 spiro atoms. The summed E-state index contributed by atoms with van der Waals surface area (Å²) in [5.41, 5.74) is 5.33. The van der Waals surface area contributed by atoms with Crippen LogP contribution in [0.3, 0.4) is 0 Å². The van der Waals surface area contributed by atoms with Crippen molar-refractivity contribution in [3.05, 3.63) is 64.1 Å². The summed E-state index contributed by atoms with van der Waals surface area (Å²) in [5, 5.41) is 3.47. The molecule has 25 heavy (non-hydrogen) atoms. The first-order valence-corrected chi connectivity index (χ1v) is 8.89. The molecule has 1 N–H and O–H groups in total. The second-order valence-corrected chi connectivity index (χ2v) is 7.22. The zero-order valence-electron chi connectivity index (χ0n) is 14.8. The van der Waals surface area contributed by atoms with Crippen molar-refractivity contribution in [2.45, 2.75) is 13.8 Å². The number of nitrogens with zero attached hydrogens (tertiary/aromatic N) is 2. The van der Waals surface area contributed by atoms with Gasteiger partial charge < -0.3 is 10.2 Å². The first kappa shape index (κ1) is 17.3. The minimum absolute atomic E-state index is 0.106. The van der Waals surface area contributed by atoms with Crippen LogP contribution in [0.15, 0.2) is 52.4 Å². The molecule has 1 aliphatic heterocycles. The van der Waals surface area contributed by atoms with Crippen LogP contribution in [-0.4, -0.2) is 25.2 Å². The highest BCUT2D eigenvalue weighted by atomic mass is 32.2. The third kappa shape index (κ3) is 3.94. The van der Waals surface area contributed by atoms with Crippen LogP contribution in [0.1, 0.15) is 16.7 Å². The fraction of sp³-hybridized carbons (Fsp3) is 0.200. The van der Waals surface area contributed by atoms with Gasteiger partial charge in [0, 0.05) is 19.8 Å². The fourth-order valence-corrected chi connectivity index (χ4v) is 3.30. The Morgan fingerprint density at radius 3 is 2.48 bits per heavy atom. The molecule has 5 heteroatoms. The van der Waals surface area contributed by atoms with Crippen LogP contribution in [-0.2, 0) is 4.79 Å². The third-order valence-corrected chi connectivity index (χ3v) is 5.07. The number of thioether (sulfide) groups is 1. The molecule has 0 atom stereocenters. The standard InChI is InChI=1S/C20H21N3OS/c1-13-6-5-7-17(14(13)2)21-20-22-19(24)18(25-20)12-15-8-10-16(11-9-15)23(3)4/h5-12H,1-4H3,(H,21,22,24)/b18-12+. The lowest BCUT2D eigenvalue weighted by Crippen LogP contribution is -2.19. The molecule has 0 radical (unpaired) electrons. The molecule has 0 aliphatic carbocycles. The van der Waals surface area contributed by atoms with Gasteiger partial charge in [0.1, 0.15) is 0 Å². The van der Waals surface area contributed by atoms with E-state index in [1.165, 1.54) is 17.3 Å². The van der Waals surface area contributed by atoms with Gasteiger partial charge in [0.25, 0.3) is 5.91 Å². The van der Waals surface area contributed by atoms with E-state index in [9.17, 15) is 4.79 Å². The van der Waals surface area contributed by atoms with E-state index in [-0.39, 0.29) is 5.91 Å². The SMILES string of the molecule is Cc1cccc(N=C2NC(=O)/C(=C\c3ccc(N(C)C)cc3)S2)c1C. The van der Waals surface area contributed by atoms with E-state index in [0.29, 0.717) is 10.1 Å². The Morgan fingerprint density at radius 2 is 1.80 bits per heavy atom. The minimum atomic E-state index is -0.106. The number of hydrogen-bond acceptors (Lipinski definition) is 4. The zero-order chi connectivity index (χ0) is 18.0. The van der Waals surface area contributed by atoms with Crippen molar-refractivity contribution in [2.75, 3.05) is 19.0 Å². The molecular formula is C20H21N3OS. The monoisotopic (exact) mass is 351 g/mol. The number of benzene rings is 2. The first-order valence-electron chi connectivity index (χ1n) is 8.07. The average molecular weight is 351 g/mol. The van der Waals surface area contributed by atoms with Gasteiger partial charge in [-0.1, -0.05) is 24.3 Å². The molecule has 1 saturated heterocycles. The third-order valence-electron chi connectivity index (χ3n) is 4.16. The van der Waals surface area contributed by atoms with Gasteiger partial charge in [-0.15, -0.1) is 0 Å². The van der Waals surface area contributed by atoms with Crippen molar-refractivity contribution >= 4 is 40.3 Å². The molecule has 0 bridgehead atoms. The van der Waals surface area contributed by atoms with Gasteiger partial charge in [-0.3, -0.25) is 4.79 Å². The number of amides is 1. The second-order valence-electron chi connectivity index (χ2n) is 6.19. The molecule has 4 nitrogen and oxygen atoms in total. The van der Waals surface area contributed by atoms with Gasteiger partial charge in [0.05, 0.1) is 10.6 Å². The predicted octanol–water partition coefficient (Wildman–Crippen LogP) is 4.26. The smallest absolute Gasteiger partial charge is 0.264 e. The summed E-state index contributed by atoms with van der Waals surface area (Å²) in [4.78, 5) is 19.5. The van der Waals surface area contributed by atoms with Crippen molar-refractivity contribution < 1.29 is 4.79 Å². The van der Waals surface area contributed by atoms with Crippen molar-refractivity contribution in [2.24, 2.45) is 4.99 Å². The number of hydrogen-bond donors (Lipinski definition) is 1. The lowest BCUT2D eigenvalue weighted by molar-refractivity contribution is -0.115. The van der Waals surface area contributed by atoms with Gasteiger partial charge in [0.15, 0.2) is 5.17 Å². The Bertz CT molecular complexity index is 867. The highest BCUT2D eigenvalue weighted by Gasteiger charge is 2.24. The first-order chi connectivity index (χ1) is 11.9. The van der Waals surface area contributed by atoms with Crippen LogP contribution in [0.25, 0.3) is 6.08 Å². The second kappa shape index (κ2) is 7.15. The van der Waals surface area contributed by atoms with Crippen LogP contribution in [0.4, 0.5) is 11.4 Å². The fourth-order valence-electron chi connectivity index (χ4n) is 2.47. The number of amidine groups is 1. The molecular weight excluding hydrogens is 330 g/mol. The molecule has 1 fully saturated rings. The molecule has 1 amide bonds. The van der Waals surface area contributed by atoms with E-state index in [1.807, 2.05) is 68.4 Å². The Hall–Kier alpha value is -2.53. The van der Waals surface area contributed by atoms with E-state index < -0.39 is 0 Å². The maximum atomic E-state index is 12.2. The Kier molecular flexibility index (Phi) is 4.95. The topological polar surface area (TPSA) is 44.7 Å². The number of aliphatic imine (C=N–C) groups is 1. The van der Waals surface area contributed by atoms with E-state index in [2.05, 4.69) is 23.3 Å². The van der Waals surface area contributed by atoms with E-state index in [4.69, 9.17) is 0 Å². The largest absolute Gasteiger partial charge is 0.378 e. The number of anilines is 1. The van der Waals surface area contributed by atoms with E-state index in [1.54, 1.807) is 0 Å². The molecule has 1 aliphatic rings. The quantitative estimate of drug-likeness (QED) is 0.840. The summed E-state index contributed by atoms with van der Waals surface area (Å²) < 4.78 is 0. The molecule has 2 aromatic rings. The zero-order valence-corrected chi connectivity index (χ0v) is 15.6. The number of aryl methyl sites for hydroxylation is 1. The average Bonchev–Trinajstić information content (AvgIpc) is 2.92. The summed E-state index contributed by atoms with van der Waals surface area (Å²) in [6.45, 7) is 4.10. The van der Waals surface area contributed by atoms with Crippen LogP contribution in [0.2, 0.25) is 0 Å². The Labute approximate surface area is 152 Å². The maximum absolute atomic E-state index is 12.2. The van der Waals surface area contributed by atoms with Crippen LogP contribution in [0, 0.1) is 13.8 Å². The number of carbonyl (C=O) groups is 1. The van der Waals surface area contributed by atoms with Crippen LogP contribution < -0.4 is 10.2 Å². The maximum Gasteiger partial charge on any atom is 0.264 e. The van der Waals surface area contributed by atoms with Crippen molar-refractivity contribution in [3.63, 3.8) is 0 Å². The van der Waals surface area contributed by atoms with E-state index >= 15 is 0 Å². The molecule has 1 heterocycles. The molecule has 2 aromatic carbocycles. The van der Waals surface area contributed by atoms with Crippen molar-refractivity contribution in [3.8, 4) is 0 Å². The number of nitrogens with one attached hydrogen (secondary N) is 1. The molecule has 0 aromatic heterocycles.